The third-order valence-electron chi connectivity index (χ3n) is 3.57. The summed E-state index contributed by atoms with van der Waals surface area (Å²) in [6, 6.07) is 0. The van der Waals surface area contributed by atoms with Crippen molar-refractivity contribution in [1.82, 2.24) is 4.90 Å². The molecule has 2 fully saturated rings. The minimum absolute atomic E-state index is 0.194. The number of carbonyl (C=O) groups is 2. The van der Waals surface area contributed by atoms with Crippen LogP contribution in [0.4, 0.5) is 0 Å². The molecule has 4 unspecified atom stereocenters. The lowest BCUT2D eigenvalue weighted by Crippen LogP contribution is -2.27. The van der Waals surface area contributed by atoms with E-state index in [1.165, 1.54) is 0 Å². The molecule has 2 amide bonds. The van der Waals surface area contributed by atoms with Crippen molar-refractivity contribution in [2.45, 2.75) is 6.42 Å². The average molecular weight is 188 g/mol. The van der Waals surface area contributed by atoms with Crippen LogP contribution in [0.5, 0.6) is 0 Å². The summed E-state index contributed by atoms with van der Waals surface area (Å²) < 4.78 is 0. The molecule has 4 heteroatoms. The monoisotopic (exact) mass is 188 g/mol. The van der Waals surface area contributed by atoms with Gasteiger partial charge in [-0.05, 0) is 18.3 Å². The molecule has 2 aliphatic carbocycles. The molecule has 0 aromatic carbocycles. The van der Waals surface area contributed by atoms with E-state index in [4.69, 9.17) is 5.26 Å². The first-order valence-electron chi connectivity index (χ1n) is 4.70. The number of nitrogens with zero attached hydrogens (tertiary/aromatic N) is 2. The minimum atomic E-state index is -0.292. The fourth-order valence-corrected chi connectivity index (χ4v) is 3.00. The molecule has 0 spiro atoms. The van der Waals surface area contributed by atoms with Crippen molar-refractivity contribution in [2.75, 3.05) is 0 Å². The molecule has 1 saturated carbocycles. The van der Waals surface area contributed by atoms with Gasteiger partial charge in [-0.25, -0.2) is 0 Å². The van der Waals surface area contributed by atoms with E-state index in [9.17, 15) is 9.59 Å². The smallest absolute Gasteiger partial charge is 0.247 e. The van der Waals surface area contributed by atoms with Crippen LogP contribution in [0.15, 0.2) is 12.2 Å². The molecule has 0 aromatic rings. The fourth-order valence-electron chi connectivity index (χ4n) is 3.00. The molecule has 0 N–H and O–H groups in total. The van der Waals surface area contributed by atoms with E-state index >= 15 is 0 Å². The predicted molar refractivity (Wildman–Crippen MR) is 45.2 cm³/mol. The SMILES string of the molecule is N#CN1C(=O)C2C3C=CC(C3)C2C1=O. The lowest BCUT2D eigenvalue weighted by Gasteiger charge is -2.14. The molecule has 0 aromatic heterocycles. The van der Waals surface area contributed by atoms with Gasteiger partial charge in [-0.15, -0.1) is 0 Å². The third kappa shape index (κ3) is 0.652. The molecule has 4 atom stereocenters. The maximum Gasteiger partial charge on any atom is 0.247 e. The lowest BCUT2D eigenvalue weighted by molar-refractivity contribution is -0.136. The average Bonchev–Trinajstić information content (AvgIpc) is 2.80. The molecule has 1 aliphatic heterocycles. The molecular weight excluding hydrogens is 180 g/mol. The Labute approximate surface area is 80.8 Å². The summed E-state index contributed by atoms with van der Waals surface area (Å²) in [6.45, 7) is 0. The Morgan fingerprint density at radius 3 is 2.14 bits per heavy atom. The maximum absolute atomic E-state index is 11.7. The van der Waals surface area contributed by atoms with Crippen molar-refractivity contribution in [3.05, 3.63) is 12.2 Å². The standard InChI is InChI=1S/C10H8N2O2/c11-4-12-9(13)7-5-1-2-6(3-5)8(7)10(12)14/h1-2,5-8H,3H2. The quantitative estimate of drug-likeness (QED) is 0.311. The number of carbonyl (C=O) groups excluding carboxylic acids is 2. The topological polar surface area (TPSA) is 61.2 Å². The number of fused-ring (bicyclic) bond motifs is 5. The first-order valence-corrected chi connectivity index (χ1v) is 4.70. The van der Waals surface area contributed by atoms with Crippen molar-refractivity contribution in [1.29, 1.82) is 5.26 Å². The van der Waals surface area contributed by atoms with Crippen molar-refractivity contribution in [3.63, 3.8) is 0 Å². The normalized spacial score (nSPS) is 43.2. The first kappa shape index (κ1) is 7.74. The number of hydrogen-bond acceptors (Lipinski definition) is 3. The van der Waals surface area contributed by atoms with Crippen LogP contribution in [-0.2, 0) is 9.59 Å². The summed E-state index contributed by atoms with van der Waals surface area (Å²) in [5.41, 5.74) is 0. The number of hydrogen-bond donors (Lipinski definition) is 0. The lowest BCUT2D eigenvalue weighted by atomic mass is 9.85. The highest BCUT2D eigenvalue weighted by molar-refractivity contribution is 6.07. The Hall–Kier alpha value is -1.63. The largest absolute Gasteiger partial charge is 0.273 e. The summed E-state index contributed by atoms with van der Waals surface area (Å²) in [5.74, 6) is -0.674. The van der Waals surface area contributed by atoms with Gasteiger partial charge in [0, 0.05) is 0 Å². The van der Waals surface area contributed by atoms with Gasteiger partial charge in [0.15, 0.2) is 6.19 Å². The van der Waals surface area contributed by atoms with Crippen molar-refractivity contribution < 1.29 is 9.59 Å². The van der Waals surface area contributed by atoms with Crippen LogP contribution in [-0.4, -0.2) is 16.7 Å². The molecule has 2 bridgehead atoms. The second-order valence-corrected chi connectivity index (χ2v) is 4.11. The number of imide groups is 1. The van der Waals surface area contributed by atoms with Crippen LogP contribution in [0, 0.1) is 35.1 Å². The zero-order valence-corrected chi connectivity index (χ0v) is 7.38. The predicted octanol–water partition coefficient (Wildman–Crippen LogP) is 0.275. The second-order valence-electron chi connectivity index (χ2n) is 4.11. The summed E-state index contributed by atoms with van der Waals surface area (Å²) in [4.78, 5) is 24.1. The maximum atomic E-state index is 11.7. The van der Waals surface area contributed by atoms with E-state index < -0.39 is 0 Å². The van der Waals surface area contributed by atoms with Gasteiger partial charge in [-0.1, -0.05) is 12.2 Å². The molecule has 1 saturated heterocycles. The van der Waals surface area contributed by atoms with Crippen LogP contribution in [0.1, 0.15) is 6.42 Å². The Bertz CT molecular complexity index is 377. The zero-order chi connectivity index (χ0) is 9.87. The summed E-state index contributed by atoms with van der Waals surface area (Å²) in [7, 11) is 0. The van der Waals surface area contributed by atoms with E-state index in [1.54, 1.807) is 6.19 Å². The van der Waals surface area contributed by atoms with E-state index in [1.807, 2.05) is 12.2 Å². The van der Waals surface area contributed by atoms with Gasteiger partial charge in [0.05, 0.1) is 11.8 Å². The molecular formula is C10H8N2O2. The number of rotatable bonds is 0. The second kappa shape index (κ2) is 2.24. The van der Waals surface area contributed by atoms with Crippen LogP contribution in [0.2, 0.25) is 0 Å². The van der Waals surface area contributed by atoms with Crippen LogP contribution >= 0.6 is 0 Å². The van der Waals surface area contributed by atoms with Gasteiger partial charge in [0.2, 0.25) is 11.8 Å². The Morgan fingerprint density at radius 2 is 1.71 bits per heavy atom. The number of allylic oxidation sites excluding steroid dienone is 2. The molecule has 3 aliphatic rings. The summed E-state index contributed by atoms with van der Waals surface area (Å²) in [6.07, 6.45) is 6.60. The molecule has 14 heavy (non-hydrogen) atoms. The van der Waals surface area contributed by atoms with Gasteiger partial charge in [-0.2, -0.15) is 10.2 Å². The first-order chi connectivity index (χ1) is 6.74. The fraction of sp³-hybridized carbons (Fsp3) is 0.500. The summed E-state index contributed by atoms with van der Waals surface area (Å²) in [5, 5.41) is 8.67. The summed E-state index contributed by atoms with van der Waals surface area (Å²) >= 11 is 0. The van der Waals surface area contributed by atoms with E-state index in [-0.39, 0.29) is 35.5 Å². The van der Waals surface area contributed by atoms with E-state index in [0.717, 1.165) is 11.3 Å². The molecule has 4 nitrogen and oxygen atoms in total. The van der Waals surface area contributed by atoms with E-state index in [2.05, 4.69) is 0 Å². The van der Waals surface area contributed by atoms with Crippen LogP contribution in [0.25, 0.3) is 0 Å². The van der Waals surface area contributed by atoms with Gasteiger partial charge in [-0.3, -0.25) is 9.59 Å². The van der Waals surface area contributed by atoms with Crippen molar-refractivity contribution in [2.24, 2.45) is 23.7 Å². The Balaban J connectivity index is 2.07. The number of likely N-dealkylation sites (tertiary alicyclic amines) is 1. The highest BCUT2D eigenvalue weighted by atomic mass is 16.2. The van der Waals surface area contributed by atoms with Gasteiger partial charge in [0.25, 0.3) is 0 Å². The Kier molecular flexibility index (Phi) is 1.24. The highest BCUT2D eigenvalue weighted by Crippen LogP contribution is 2.52. The van der Waals surface area contributed by atoms with Crippen molar-refractivity contribution >= 4 is 11.8 Å². The molecule has 3 rings (SSSR count). The molecule has 1 heterocycles. The highest BCUT2D eigenvalue weighted by Gasteiger charge is 2.59. The number of nitriles is 1. The molecule has 70 valence electrons. The third-order valence-corrected chi connectivity index (χ3v) is 3.57. The van der Waals surface area contributed by atoms with Crippen LogP contribution in [0.3, 0.4) is 0 Å². The minimum Gasteiger partial charge on any atom is -0.273 e. The van der Waals surface area contributed by atoms with Crippen LogP contribution < -0.4 is 0 Å². The Morgan fingerprint density at radius 1 is 1.21 bits per heavy atom. The van der Waals surface area contributed by atoms with Gasteiger partial charge < -0.3 is 0 Å². The van der Waals surface area contributed by atoms with Gasteiger partial charge >= 0.3 is 0 Å². The van der Waals surface area contributed by atoms with Gasteiger partial charge in [0.1, 0.15) is 0 Å². The number of amides is 2. The molecule has 0 radical (unpaired) electrons. The van der Waals surface area contributed by atoms with Crippen molar-refractivity contribution in [3.8, 4) is 6.19 Å². The zero-order valence-electron chi connectivity index (χ0n) is 7.38. The van der Waals surface area contributed by atoms with E-state index in [0.29, 0.717) is 0 Å².